The fourth-order valence-electron chi connectivity index (χ4n) is 2.46. The van der Waals surface area contributed by atoms with Gasteiger partial charge in [-0.3, -0.25) is 4.79 Å². The van der Waals surface area contributed by atoms with Gasteiger partial charge in [0.05, 0.1) is 18.6 Å². The van der Waals surface area contributed by atoms with E-state index in [1.54, 1.807) is 17.9 Å². The zero-order valence-corrected chi connectivity index (χ0v) is 16.2. The van der Waals surface area contributed by atoms with Crippen LogP contribution in [-0.2, 0) is 4.79 Å². The molecule has 0 saturated carbocycles. The fraction of sp³-hybridized carbons (Fsp3) is 0.263. The maximum absolute atomic E-state index is 12.2. The van der Waals surface area contributed by atoms with Crippen molar-refractivity contribution in [2.75, 3.05) is 18.2 Å². The van der Waals surface area contributed by atoms with Crippen LogP contribution >= 0.6 is 11.8 Å². The molecule has 0 aliphatic rings. The largest absolute Gasteiger partial charge is 0.497 e. The summed E-state index contributed by atoms with van der Waals surface area (Å²) in [7, 11) is 1.59. The number of carbonyl (C=O) groups is 1. The number of ether oxygens (including phenoxy) is 1. The van der Waals surface area contributed by atoms with Gasteiger partial charge in [-0.2, -0.15) is 4.68 Å². The van der Waals surface area contributed by atoms with Gasteiger partial charge in [0, 0.05) is 11.8 Å². The Morgan fingerprint density at radius 2 is 2.00 bits per heavy atom. The summed E-state index contributed by atoms with van der Waals surface area (Å²) in [6.45, 7) is 4.29. The minimum atomic E-state index is -0.141. The summed E-state index contributed by atoms with van der Waals surface area (Å²) >= 11 is 1.28. The lowest BCUT2D eigenvalue weighted by atomic mass is 10.0. The number of thioether (sulfide) groups is 1. The first-order valence-electron chi connectivity index (χ1n) is 8.52. The maximum Gasteiger partial charge on any atom is 0.234 e. The predicted octanol–water partition coefficient (Wildman–Crippen LogP) is 3.53. The minimum Gasteiger partial charge on any atom is -0.497 e. The van der Waals surface area contributed by atoms with Crippen LogP contribution in [0.1, 0.15) is 25.3 Å². The molecule has 3 aromatic rings. The van der Waals surface area contributed by atoms with Crippen LogP contribution in [0.2, 0.25) is 0 Å². The molecule has 8 heteroatoms. The van der Waals surface area contributed by atoms with Crippen LogP contribution in [0.25, 0.3) is 5.69 Å². The van der Waals surface area contributed by atoms with Crippen molar-refractivity contribution in [1.29, 1.82) is 0 Å². The molecule has 1 heterocycles. The van der Waals surface area contributed by atoms with Crippen molar-refractivity contribution in [3.05, 3.63) is 54.1 Å². The highest BCUT2D eigenvalue weighted by Crippen LogP contribution is 2.22. The van der Waals surface area contributed by atoms with Crippen LogP contribution in [0.3, 0.4) is 0 Å². The molecule has 0 aliphatic heterocycles. The van der Waals surface area contributed by atoms with Gasteiger partial charge in [-0.15, -0.1) is 5.10 Å². The van der Waals surface area contributed by atoms with Gasteiger partial charge >= 0.3 is 0 Å². The number of hydrogen-bond donors (Lipinski definition) is 1. The maximum atomic E-state index is 12.2. The minimum absolute atomic E-state index is 0.141. The van der Waals surface area contributed by atoms with Crippen LogP contribution in [0, 0.1) is 0 Å². The molecule has 140 valence electrons. The van der Waals surface area contributed by atoms with E-state index in [9.17, 15) is 4.79 Å². The Morgan fingerprint density at radius 3 is 2.70 bits per heavy atom. The first-order valence-corrected chi connectivity index (χ1v) is 9.51. The third-order valence-corrected chi connectivity index (χ3v) is 4.85. The predicted molar refractivity (Wildman–Crippen MR) is 106 cm³/mol. The number of tetrazole rings is 1. The van der Waals surface area contributed by atoms with Gasteiger partial charge < -0.3 is 10.1 Å². The number of nitrogens with zero attached hydrogens (tertiary/aromatic N) is 4. The first-order chi connectivity index (χ1) is 13.1. The molecule has 1 N–H and O–H groups in total. The highest BCUT2D eigenvalue weighted by molar-refractivity contribution is 7.99. The summed E-state index contributed by atoms with van der Waals surface area (Å²) in [5.41, 5.74) is 2.79. The quantitative estimate of drug-likeness (QED) is 0.629. The Balaban J connectivity index is 1.63. The molecule has 1 aromatic heterocycles. The van der Waals surface area contributed by atoms with E-state index in [0.29, 0.717) is 22.5 Å². The molecule has 2 aromatic carbocycles. The summed E-state index contributed by atoms with van der Waals surface area (Å²) in [5, 5.41) is 15.2. The number of methoxy groups -OCH3 is 1. The third-order valence-electron chi connectivity index (χ3n) is 3.93. The second kappa shape index (κ2) is 8.68. The molecule has 0 aliphatic carbocycles. The molecule has 0 atom stereocenters. The van der Waals surface area contributed by atoms with Crippen molar-refractivity contribution in [3.8, 4) is 11.4 Å². The number of aromatic nitrogens is 4. The van der Waals surface area contributed by atoms with Crippen LogP contribution < -0.4 is 10.1 Å². The number of benzene rings is 2. The summed E-state index contributed by atoms with van der Waals surface area (Å²) < 4.78 is 6.79. The molecule has 3 rings (SSSR count). The van der Waals surface area contributed by atoms with Gasteiger partial charge in [0.2, 0.25) is 11.1 Å². The van der Waals surface area contributed by atoms with Gasteiger partial charge in [0.15, 0.2) is 0 Å². The lowest BCUT2D eigenvalue weighted by Gasteiger charge is -2.08. The van der Waals surface area contributed by atoms with Gasteiger partial charge in [0.1, 0.15) is 5.75 Å². The molecule has 0 fully saturated rings. The van der Waals surface area contributed by atoms with Gasteiger partial charge in [-0.05, 0) is 46.2 Å². The molecule has 1 amide bonds. The number of nitrogens with one attached hydrogen (secondary N) is 1. The SMILES string of the molecule is COc1cccc(NC(=O)CSc2nnnn2-c2ccc(C(C)C)cc2)c1. The summed E-state index contributed by atoms with van der Waals surface area (Å²) in [6.07, 6.45) is 0. The molecular formula is C19H21N5O2S. The van der Waals surface area contributed by atoms with E-state index in [-0.39, 0.29) is 11.7 Å². The van der Waals surface area contributed by atoms with Crippen LogP contribution in [0.15, 0.2) is 53.7 Å². The first kappa shape index (κ1) is 18.9. The van der Waals surface area contributed by atoms with Crippen LogP contribution in [-0.4, -0.2) is 39.0 Å². The molecule has 7 nitrogen and oxygen atoms in total. The molecule has 0 unspecified atom stereocenters. The number of hydrogen-bond acceptors (Lipinski definition) is 6. The van der Waals surface area contributed by atoms with E-state index in [1.165, 1.54) is 17.3 Å². The van der Waals surface area contributed by atoms with Crippen LogP contribution in [0.4, 0.5) is 5.69 Å². The second-order valence-corrected chi connectivity index (χ2v) is 7.13. The zero-order valence-electron chi connectivity index (χ0n) is 15.4. The van der Waals surface area contributed by atoms with Gasteiger partial charge in [0.25, 0.3) is 0 Å². The molecule has 0 saturated heterocycles. The number of anilines is 1. The van der Waals surface area contributed by atoms with Gasteiger partial charge in [-0.25, -0.2) is 0 Å². The fourth-order valence-corrected chi connectivity index (χ4v) is 3.15. The van der Waals surface area contributed by atoms with Crippen molar-refractivity contribution in [2.24, 2.45) is 0 Å². The number of amides is 1. The molecule has 0 spiro atoms. The summed E-state index contributed by atoms with van der Waals surface area (Å²) in [5.74, 6) is 1.20. The van der Waals surface area contributed by atoms with Crippen molar-refractivity contribution in [3.63, 3.8) is 0 Å². The van der Waals surface area contributed by atoms with Gasteiger partial charge in [-0.1, -0.05) is 43.8 Å². The Kier molecular flexibility index (Phi) is 6.08. The normalized spacial score (nSPS) is 10.8. The lowest BCUT2D eigenvalue weighted by molar-refractivity contribution is -0.113. The Bertz CT molecular complexity index is 908. The van der Waals surface area contributed by atoms with Crippen molar-refractivity contribution in [2.45, 2.75) is 24.9 Å². The molecule has 0 radical (unpaired) electrons. The third kappa shape index (κ3) is 4.85. The zero-order chi connectivity index (χ0) is 19.2. The standard InChI is InChI=1S/C19H21N5O2S/c1-13(2)14-7-9-16(10-8-14)24-19(21-22-23-24)27-12-18(25)20-15-5-4-6-17(11-15)26-3/h4-11,13H,12H2,1-3H3,(H,20,25). The second-order valence-electron chi connectivity index (χ2n) is 6.19. The van der Waals surface area contributed by atoms with E-state index < -0.39 is 0 Å². The van der Waals surface area contributed by atoms with Crippen molar-refractivity contribution < 1.29 is 9.53 Å². The van der Waals surface area contributed by atoms with E-state index in [1.807, 2.05) is 30.3 Å². The molecular weight excluding hydrogens is 362 g/mol. The van der Waals surface area contributed by atoms with Crippen LogP contribution in [0.5, 0.6) is 5.75 Å². The monoisotopic (exact) mass is 383 g/mol. The summed E-state index contributed by atoms with van der Waals surface area (Å²) in [6, 6.07) is 15.3. The molecule has 27 heavy (non-hydrogen) atoms. The highest BCUT2D eigenvalue weighted by Gasteiger charge is 2.12. The topological polar surface area (TPSA) is 81.9 Å². The Hall–Kier alpha value is -2.87. The average molecular weight is 383 g/mol. The van der Waals surface area contributed by atoms with Crippen molar-refractivity contribution >= 4 is 23.4 Å². The number of rotatable bonds is 7. The van der Waals surface area contributed by atoms with E-state index >= 15 is 0 Å². The van der Waals surface area contributed by atoms with E-state index in [0.717, 1.165) is 5.69 Å². The summed E-state index contributed by atoms with van der Waals surface area (Å²) in [4.78, 5) is 12.2. The number of carbonyl (C=O) groups excluding carboxylic acids is 1. The van der Waals surface area contributed by atoms with E-state index in [4.69, 9.17) is 4.74 Å². The molecule has 0 bridgehead atoms. The Labute approximate surface area is 162 Å². The van der Waals surface area contributed by atoms with E-state index in [2.05, 4.69) is 46.8 Å². The highest BCUT2D eigenvalue weighted by atomic mass is 32.2. The lowest BCUT2D eigenvalue weighted by Crippen LogP contribution is -2.14. The average Bonchev–Trinajstić information content (AvgIpc) is 3.15. The van der Waals surface area contributed by atoms with Crippen molar-refractivity contribution in [1.82, 2.24) is 20.2 Å². The smallest absolute Gasteiger partial charge is 0.234 e. The Morgan fingerprint density at radius 1 is 1.22 bits per heavy atom.